The van der Waals surface area contributed by atoms with E-state index in [1.807, 2.05) is 0 Å². The van der Waals surface area contributed by atoms with E-state index in [4.69, 9.17) is 0 Å². The van der Waals surface area contributed by atoms with Crippen LogP contribution in [0.1, 0.15) is 19.3 Å². The van der Waals surface area contributed by atoms with Crippen LogP contribution >= 0.6 is 0 Å². The van der Waals surface area contributed by atoms with Gasteiger partial charge in [0.05, 0.1) is 0 Å². The average molecular weight is 223 g/mol. The minimum atomic E-state index is -0.522. The Morgan fingerprint density at radius 3 is 2.56 bits per heavy atom. The Kier molecular flexibility index (Phi) is 3.54. The van der Waals surface area contributed by atoms with Gasteiger partial charge in [-0.05, 0) is 37.3 Å². The zero-order chi connectivity index (χ0) is 11.4. The van der Waals surface area contributed by atoms with E-state index in [0.29, 0.717) is 12.5 Å². The van der Waals surface area contributed by atoms with Crippen LogP contribution < -0.4 is 5.32 Å². The normalized spacial score (nSPS) is 19.8. The van der Waals surface area contributed by atoms with Gasteiger partial charge in [-0.15, -0.1) is 0 Å². The summed E-state index contributed by atoms with van der Waals surface area (Å²) in [6.07, 6.45) is 7.42. The summed E-state index contributed by atoms with van der Waals surface area (Å²) in [5, 5.41) is 2.87. The van der Waals surface area contributed by atoms with Gasteiger partial charge in [-0.25, -0.2) is 8.78 Å². The van der Waals surface area contributed by atoms with Crippen molar-refractivity contribution in [2.24, 2.45) is 5.92 Å². The lowest BCUT2D eigenvalue weighted by atomic mass is 9.94. The van der Waals surface area contributed by atoms with Crippen molar-refractivity contribution in [2.75, 3.05) is 11.9 Å². The second kappa shape index (κ2) is 5.10. The summed E-state index contributed by atoms with van der Waals surface area (Å²) in [6, 6.07) is 3.91. The van der Waals surface area contributed by atoms with Crippen molar-refractivity contribution < 1.29 is 8.78 Å². The van der Waals surface area contributed by atoms with Gasteiger partial charge in [-0.2, -0.15) is 0 Å². The van der Waals surface area contributed by atoms with Crippen LogP contribution in [0.25, 0.3) is 0 Å². The second-order valence-corrected chi connectivity index (χ2v) is 4.13. The maximum atomic E-state index is 13.3. The number of allylic oxidation sites excluding steroid dienone is 2. The summed E-state index contributed by atoms with van der Waals surface area (Å²) in [4.78, 5) is 0. The first-order chi connectivity index (χ1) is 7.77. The molecule has 0 amide bonds. The molecule has 1 aliphatic rings. The van der Waals surface area contributed by atoms with Crippen LogP contribution in [0.15, 0.2) is 30.4 Å². The predicted molar refractivity (Wildman–Crippen MR) is 61.3 cm³/mol. The third-order valence-corrected chi connectivity index (χ3v) is 2.91. The topological polar surface area (TPSA) is 12.0 Å². The van der Waals surface area contributed by atoms with Gasteiger partial charge in [0.1, 0.15) is 17.3 Å². The molecule has 1 aromatic rings. The maximum Gasteiger partial charge on any atom is 0.149 e. The quantitative estimate of drug-likeness (QED) is 0.770. The van der Waals surface area contributed by atoms with E-state index in [-0.39, 0.29) is 5.69 Å². The Bertz CT molecular complexity index is 367. The number of hydrogen-bond acceptors (Lipinski definition) is 1. The van der Waals surface area contributed by atoms with Gasteiger partial charge < -0.3 is 5.32 Å². The van der Waals surface area contributed by atoms with E-state index < -0.39 is 11.6 Å². The number of rotatable bonds is 3. The highest BCUT2D eigenvalue weighted by Gasteiger charge is 2.12. The maximum absolute atomic E-state index is 13.3. The van der Waals surface area contributed by atoms with Gasteiger partial charge in [0.25, 0.3) is 0 Å². The molecule has 1 atom stereocenters. The highest BCUT2D eigenvalue weighted by molar-refractivity contribution is 5.46. The first kappa shape index (κ1) is 11.1. The summed E-state index contributed by atoms with van der Waals surface area (Å²) in [5.41, 5.74) is -0.00273. The van der Waals surface area contributed by atoms with E-state index in [0.717, 1.165) is 19.3 Å². The molecule has 0 saturated carbocycles. The first-order valence-corrected chi connectivity index (χ1v) is 5.60. The molecule has 0 saturated heterocycles. The largest absolute Gasteiger partial charge is 0.380 e. The lowest BCUT2D eigenvalue weighted by molar-refractivity contribution is 0.499. The minimum Gasteiger partial charge on any atom is -0.380 e. The molecule has 0 spiro atoms. The lowest BCUT2D eigenvalue weighted by Gasteiger charge is -2.19. The molecule has 1 nitrogen and oxygen atoms in total. The SMILES string of the molecule is Fc1cccc(F)c1NCC1CC=CCC1. The van der Waals surface area contributed by atoms with E-state index in [1.165, 1.54) is 18.2 Å². The molecule has 0 fully saturated rings. The van der Waals surface area contributed by atoms with E-state index in [9.17, 15) is 8.78 Å². The Morgan fingerprint density at radius 1 is 1.19 bits per heavy atom. The van der Waals surface area contributed by atoms with E-state index in [1.54, 1.807) is 0 Å². The zero-order valence-corrected chi connectivity index (χ0v) is 9.05. The summed E-state index contributed by atoms with van der Waals surface area (Å²) in [7, 11) is 0. The number of hydrogen-bond donors (Lipinski definition) is 1. The molecule has 2 rings (SSSR count). The number of anilines is 1. The van der Waals surface area contributed by atoms with Crippen LogP contribution in [0.5, 0.6) is 0 Å². The van der Waals surface area contributed by atoms with Crippen molar-refractivity contribution in [1.82, 2.24) is 0 Å². The third kappa shape index (κ3) is 2.60. The van der Waals surface area contributed by atoms with E-state index in [2.05, 4.69) is 17.5 Å². The molecule has 1 N–H and O–H groups in total. The Labute approximate surface area is 94.2 Å². The predicted octanol–water partition coefficient (Wildman–Crippen LogP) is 3.73. The van der Waals surface area contributed by atoms with E-state index >= 15 is 0 Å². The Balaban J connectivity index is 1.96. The van der Waals surface area contributed by atoms with Crippen molar-refractivity contribution in [3.8, 4) is 0 Å². The van der Waals surface area contributed by atoms with Gasteiger partial charge in [0, 0.05) is 6.54 Å². The third-order valence-electron chi connectivity index (χ3n) is 2.91. The minimum absolute atomic E-state index is 0.00273. The van der Waals surface area contributed by atoms with Gasteiger partial charge in [-0.1, -0.05) is 18.2 Å². The monoisotopic (exact) mass is 223 g/mol. The molecule has 0 aliphatic heterocycles. The number of benzene rings is 1. The van der Waals surface area contributed by atoms with Gasteiger partial charge in [0.15, 0.2) is 0 Å². The van der Waals surface area contributed by atoms with Crippen molar-refractivity contribution in [2.45, 2.75) is 19.3 Å². The molecule has 1 aliphatic carbocycles. The fraction of sp³-hybridized carbons (Fsp3) is 0.385. The first-order valence-electron chi connectivity index (χ1n) is 5.60. The van der Waals surface area contributed by atoms with Crippen LogP contribution in [0, 0.1) is 17.6 Å². The lowest BCUT2D eigenvalue weighted by Crippen LogP contribution is -2.16. The highest BCUT2D eigenvalue weighted by atomic mass is 19.1. The summed E-state index contributed by atoms with van der Waals surface area (Å²) in [5.74, 6) is -0.568. The molecule has 16 heavy (non-hydrogen) atoms. The number of para-hydroxylation sites is 1. The van der Waals surface area contributed by atoms with Crippen LogP contribution in [0.2, 0.25) is 0 Å². The van der Waals surface area contributed by atoms with Crippen molar-refractivity contribution in [3.63, 3.8) is 0 Å². The average Bonchev–Trinajstić information content (AvgIpc) is 2.30. The molecule has 0 radical (unpaired) electrons. The van der Waals surface area contributed by atoms with Gasteiger partial charge in [-0.3, -0.25) is 0 Å². The zero-order valence-electron chi connectivity index (χ0n) is 9.05. The molecule has 1 unspecified atom stereocenters. The van der Waals surface area contributed by atoms with Crippen molar-refractivity contribution in [1.29, 1.82) is 0 Å². The number of nitrogens with one attached hydrogen (secondary N) is 1. The van der Waals surface area contributed by atoms with Crippen LogP contribution in [0.3, 0.4) is 0 Å². The van der Waals surface area contributed by atoms with Crippen LogP contribution in [-0.4, -0.2) is 6.54 Å². The number of halogens is 2. The smallest absolute Gasteiger partial charge is 0.149 e. The standard InChI is InChI=1S/C13H15F2N/c14-11-7-4-8-12(15)13(11)16-9-10-5-2-1-3-6-10/h1-2,4,7-8,10,16H,3,5-6,9H2. The highest BCUT2D eigenvalue weighted by Crippen LogP contribution is 2.22. The summed E-state index contributed by atoms with van der Waals surface area (Å²) >= 11 is 0. The summed E-state index contributed by atoms with van der Waals surface area (Å²) in [6.45, 7) is 0.627. The summed E-state index contributed by atoms with van der Waals surface area (Å²) < 4.78 is 26.6. The molecule has 86 valence electrons. The molecule has 1 aromatic carbocycles. The molecule has 3 heteroatoms. The molecule has 0 bridgehead atoms. The van der Waals surface area contributed by atoms with Crippen molar-refractivity contribution in [3.05, 3.63) is 42.0 Å². The molecule has 0 heterocycles. The second-order valence-electron chi connectivity index (χ2n) is 4.13. The fourth-order valence-electron chi connectivity index (χ4n) is 1.95. The Hall–Kier alpha value is -1.38. The van der Waals surface area contributed by atoms with Crippen LogP contribution in [0.4, 0.5) is 14.5 Å². The fourth-order valence-corrected chi connectivity index (χ4v) is 1.95. The molecular formula is C13H15F2N. The Morgan fingerprint density at radius 2 is 1.94 bits per heavy atom. The molecular weight excluding hydrogens is 208 g/mol. The van der Waals surface area contributed by atoms with Gasteiger partial charge in [0.2, 0.25) is 0 Å². The van der Waals surface area contributed by atoms with Crippen LogP contribution in [-0.2, 0) is 0 Å². The molecule has 0 aromatic heterocycles. The van der Waals surface area contributed by atoms with Gasteiger partial charge >= 0.3 is 0 Å². The van der Waals surface area contributed by atoms with Crippen molar-refractivity contribution >= 4 is 5.69 Å².